The summed E-state index contributed by atoms with van der Waals surface area (Å²) in [5.74, 6) is 1.82. The zero-order valence-electron chi connectivity index (χ0n) is 8.47. The van der Waals surface area contributed by atoms with Gasteiger partial charge >= 0.3 is 0 Å². The molecule has 2 rings (SSSR count). The SMILES string of the molecule is NCCCC12CCC(CC1CN)C2. The van der Waals surface area contributed by atoms with Crippen molar-refractivity contribution in [1.82, 2.24) is 0 Å². The van der Waals surface area contributed by atoms with Crippen molar-refractivity contribution < 1.29 is 0 Å². The maximum Gasteiger partial charge on any atom is -0.00434 e. The Morgan fingerprint density at radius 1 is 1.31 bits per heavy atom. The topological polar surface area (TPSA) is 52.0 Å². The third-order valence-corrected chi connectivity index (χ3v) is 4.39. The summed E-state index contributed by atoms with van der Waals surface area (Å²) >= 11 is 0. The number of hydrogen-bond acceptors (Lipinski definition) is 2. The standard InChI is InChI=1S/C11H22N2/c12-5-1-3-11-4-2-9(7-11)6-10(11)8-13/h9-10H,1-8,12-13H2. The molecule has 0 aliphatic heterocycles. The van der Waals surface area contributed by atoms with Gasteiger partial charge < -0.3 is 11.5 Å². The monoisotopic (exact) mass is 182 g/mol. The van der Waals surface area contributed by atoms with Crippen molar-refractivity contribution in [2.75, 3.05) is 13.1 Å². The van der Waals surface area contributed by atoms with Gasteiger partial charge in [-0.1, -0.05) is 0 Å². The van der Waals surface area contributed by atoms with Crippen LogP contribution in [0.3, 0.4) is 0 Å². The van der Waals surface area contributed by atoms with E-state index in [2.05, 4.69) is 0 Å². The second kappa shape index (κ2) is 3.58. The van der Waals surface area contributed by atoms with Crippen LogP contribution in [0.5, 0.6) is 0 Å². The van der Waals surface area contributed by atoms with Crippen LogP contribution in [0.2, 0.25) is 0 Å². The minimum Gasteiger partial charge on any atom is -0.330 e. The first-order valence-corrected chi connectivity index (χ1v) is 5.71. The molecule has 0 radical (unpaired) electrons. The molecule has 2 nitrogen and oxygen atoms in total. The van der Waals surface area contributed by atoms with E-state index >= 15 is 0 Å². The molecule has 76 valence electrons. The lowest BCUT2D eigenvalue weighted by molar-refractivity contribution is 0.171. The largest absolute Gasteiger partial charge is 0.330 e. The van der Waals surface area contributed by atoms with Crippen LogP contribution in [0.1, 0.15) is 38.5 Å². The van der Waals surface area contributed by atoms with E-state index in [4.69, 9.17) is 11.5 Å². The van der Waals surface area contributed by atoms with Crippen LogP contribution in [0.4, 0.5) is 0 Å². The summed E-state index contributed by atoms with van der Waals surface area (Å²) in [6.07, 6.45) is 8.28. The van der Waals surface area contributed by atoms with Gasteiger partial charge in [-0.25, -0.2) is 0 Å². The molecule has 0 aromatic heterocycles. The number of hydrogen-bond donors (Lipinski definition) is 2. The molecule has 0 amide bonds. The first-order valence-electron chi connectivity index (χ1n) is 5.71. The lowest BCUT2D eigenvalue weighted by Gasteiger charge is -2.34. The van der Waals surface area contributed by atoms with Crippen molar-refractivity contribution in [3.05, 3.63) is 0 Å². The third-order valence-electron chi connectivity index (χ3n) is 4.39. The van der Waals surface area contributed by atoms with Gasteiger partial charge in [0.1, 0.15) is 0 Å². The fraction of sp³-hybridized carbons (Fsp3) is 1.00. The lowest BCUT2D eigenvalue weighted by Crippen LogP contribution is -2.31. The van der Waals surface area contributed by atoms with Crippen LogP contribution in [0, 0.1) is 17.3 Å². The minimum absolute atomic E-state index is 0.624. The average molecular weight is 182 g/mol. The molecule has 2 saturated carbocycles. The summed E-state index contributed by atoms with van der Waals surface area (Å²) in [6, 6.07) is 0. The van der Waals surface area contributed by atoms with Crippen molar-refractivity contribution >= 4 is 0 Å². The summed E-state index contributed by atoms with van der Waals surface area (Å²) < 4.78 is 0. The molecule has 0 saturated heterocycles. The predicted molar refractivity (Wildman–Crippen MR) is 55.2 cm³/mol. The Labute approximate surface area is 81.1 Å². The maximum atomic E-state index is 5.85. The fourth-order valence-corrected chi connectivity index (χ4v) is 3.73. The van der Waals surface area contributed by atoms with Crippen molar-refractivity contribution in [1.29, 1.82) is 0 Å². The predicted octanol–water partition coefficient (Wildman–Crippen LogP) is 1.49. The molecule has 0 heterocycles. The first kappa shape index (κ1) is 9.47. The van der Waals surface area contributed by atoms with E-state index in [9.17, 15) is 0 Å². The molecule has 2 fully saturated rings. The summed E-state index contributed by atoms with van der Waals surface area (Å²) in [5, 5.41) is 0. The molecule has 3 unspecified atom stereocenters. The summed E-state index contributed by atoms with van der Waals surface area (Å²) in [7, 11) is 0. The molecule has 0 aromatic carbocycles. The Morgan fingerprint density at radius 3 is 2.77 bits per heavy atom. The molecule has 0 aromatic rings. The molecule has 13 heavy (non-hydrogen) atoms. The Kier molecular flexibility index (Phi) is 2.61. The van der Waals surface area contributed by atoms with Crippen LogP contribution in [-0.4, -0.2) is 13.1 Å². The Balaban J connectivity index is 2.00. The van der Waals surface area contributed by atoms with Gasteiger partial charge in [-0.2, -0.15) is 0 Å². The number of nitrogens with two attached hydrogens (primary N) is 2. The zero-order chi connectivity index (χ0) is 9.31. The van der Waals surface area contributed by atoms with Gasteiger partial charge in [0.15, 0.2) is 0 Å². The van der Waals surface area contributed by atoms with Gasteiger partial charge in [0.2, 0.25) is 0 Å². The van der Waals surface area contributed by atoms with Gasteiger partial charge in [0.05, 0.1) is 0 Å². The van der Waals surface area contributed by atoms with Crippen LogP contribution >= 0.6 is 0 Å². The van der Waals surface area contributed by atoms with Gasteiger partial charge in [0, 0.05) is 0 Å². The van der Waals surface area contributed by atoms with E-state index in [1.54, 1.807) is 0 Å². The minimum atomic E-state index is 0.624. The van der Waals surface area contributed by atoms with Crippen molar-refractivity contribution in [3.8, 4) is 0 Å². The molecule has 0 spiro atoms. The highest BCUT2D eigenvalue weighted by Gasteiger charge is 2.50. The van der Waals surface area contributed by atoms with Gasteiger partial charge in [-0.15, -0.1) is 0 Å². The average Bonchev–Trinajstić information content (AvgIpc) is 2.71. The van der Waals surface area contributed by atoms with E-state index < -0.39 is 0 Å². The zero-order valence-corrected chi connectivity index (χ0v) is 8.47. The third kappa shape index (κ3) is 1.50. The molecule has 2 aliphatic carbocycles. The molecule has 2 bridgehead atoms. The molecule has 2 aliphatic rings. The van der Waals surface area contributed by atoms with E-state index in [1.165, 1.54) is 38.5 Å². The van der Waals surface area contributed by atoms with Crippen molar-refractivity contribution in [3.63, 3.8) is 0 Å². The molecular weight excluding hydrogens is 160 g/mol. The number of fused-ring (bicyclic) bond motifs is 2. The fourth-order valence-electron chi connectivity index (χ4n) is 3.73. The summed E-state index contributed by atoms with van der Waals surface area (Å²) in [6.45, 7) is 1.75. The Bertz CT molecular complexity index is 181. The van der Waals surface area contributed by atoms with Crippen LogP contribution in [0.15, 0.2) is 0 Å². The van der Waals surface area contributed by atoms with E-state index in [1.807, 2.05) is 0 Å². The molecule has 4 N–H and O–H groups in total. The van der Waals surface area contributed by atoms with Crippen molar-refractivity contribution in [2.24, 2.45) is 28.7 Å². The first-order chi connectivity index (χ1) is 6.30. The van der Waals surface area contributed by atoms with Gasteiger partial charge in [-0.05, 0) is 68.9 Å². The summed E-state index contributed by atoms with van der Waals surface area (Å²) in [4.78, 5) is 0. The molecule has 2 heteroatoms. The highest BCUT2D eigenvalue weighted by atomic mass is 14.6. The number of rotatable bonds is 4. The Hall–Kier alpha value is -0.0800. The van der Waals surface area contributed by atoms with Crippen LogP contribution < -0.4 is 11.5 Å². The normalized spacial score (nSPS) is 42.9. The summed E-state index contributed by atoms with van der Waals surface area (Å²) in [5.41, 5.74) is 12.1. The van der Waals surface area contributed by atoms with Crippen LogP contribution in [-0.2, 0) is 0 Å². The van der Waals surface area contributed by atoms with Crippen LogP contribution in [0.25, 0.3) is 0 Å². The maximum absolute atomic E-state index is 5.85. The lowest BCUT2D eigenvalue weighted by atomic mass is 9.72. The molecular formula is C11H22N2. The highest BCUT2D eigenvalue weighted by molar-refractivity contribution is 5.01. The quantitative estimate of drug-likeness (QED) is 0.692. The molecule has 3 atom stereocenters. The highest BCUT2D eigenvalue weighted by Crippen LogP contribution is 2.59. The smallest absolute Gasteiger partial charge is 0.00434 e. The second-order valence-electron chi connectivity index (χ2n) is 5.03. The van der Waals surface area contributed by atoms with E-state index in [-0.39, 0.29) is 0 Å². The van der Waals surface area contributed by atoms with Gasteiger partial charge in [0.25, 0.3) is 0 Å². The second-order valence-corrected chi connectivity index (χ2v) is 5.03. The Morgan fingerprint density at radius 2 is 2.15 bits per heavy atom. The van der Waals surface area contributed by atoms with E-state index in [0.29, 0.717) is 5.41 Å². The van der Waals surface area contributed by atoms with E-state index in [0.717, 1.165) is 24.9 Å². The van der Waals surface area contributed by atoms with Gasteiger partial charge in [-0.3, -0.25) is 0 Å². The van der Waals surface area contributed by atoms with Crippen molar-refractivity contribution in [2.45, 2.75) is 38.5 Å².